The van der Waals surface area contributed by atoms with E-state index >= 15 is 0 Å². The highest BCUT2D eigenvalue weighted by Gasteiger charge is 2.28. The standard InChI is InChI=1S/C20H33N5O4S/c1-16(2)29-13-14-30(27,28)25-11-9-24(10-12-25)20(22-4)23-15-17-5-7-18(8-6-17)19(26)21-3/h5-8,16H,9-15H2,1-4H3,(H,21,26)(H,22,23). The Morgan fingerprint density at radius 3 is 2.33 bits per heavy atom. The Hall–Kier alpha value is -2.17. The SMILES string of the molecule is CN=C(NCc1ccc(C(=O)NC)cc1)N1CCN(S(=O)(=O)CCOC(C)C)CC1. The summed E-state index contributed by atoms with van der Waals surface area (Å²) in [5, 5.41) is 5.90. The fourth-order valence-electron chi connectivity index (χ4n) is 3.13. The number of hydrogen-bond acceptors (Lipinski definition) is 5. The molecule has 1 fully saturated rings. The molecule has 0 saturated carbocycles. The highest BCUT2D eigenvalue weighted by molar-refractivity contribution is 7.89. The summed E-state index contributed by atoms with van der Waals surface area (Å²) in [4.78, 5) is 18.0. The zero-order valence-corrected chi connectivity index (χ0v) is 19.0. The van der Waals surface area contributed by atoms with Crippen molar-refractivity contribution in [1.82, 2.24) is 19.8 Å². The molecule has 9 nitrogen and oxygen atoms in total. The van der Waals surface area contributed by atoms with Gasteiger partial charge >= 0.3 is 0 Å². The molecule has 1 aliphatic rings. The van der Waals surface area contributed by atoms with Crippen molar-refractivity contribution >= 4 is 21.9 Å². The fraction of sp³-hybridized carbons (Fsp3) is 0.600. The quantitative estimate of drug-likeness (QED) is 0.452. The van der Waals surface area contributed by atoms with Crippen molar-refractivity contribution in [1.29, 1.82) is 0 Å². The van der Waals surface area contributed by atoms with E-state index in [9.17, 15) is 13.2 Å². The van der Waals surface area contributed by atoms with Crippen molar-refractivity contribution < 1.29 is 17.9 Å². The van der Waals surface area contributed by atoms with Gasteiger partial charge in [0, 0.05) is 52.4 Å². The molecule has 1 aliphatic heterocycles. The number of benzene rings is 1. The molecule has 168 valence electrons. The van der Waals surface area contributed by atoms with Gasteiger partial charge in [0.25, 0.3) is 5.91 Å². The summed E-state index contributed by atoms with van der Waals surface area (Å²) in [5.41, 5.74) is 1.64. The lowest BCUT2D eigenvalue weighted by Gasteiger charge is -2.35. The first kappa shape index (κ1) is 24.1. The van der Waals surface area contributed by atoms with Gasteiger partial charge in [-0.05, 0) is 31.5 Å². The van der Waals surface area contributed by atoms with Crippen LogP contribution in [0.15, 0.2) is 29.3 Å². The van der Waals surface area contributed by atoms with Gasteiger partial charge in [-0.15, -0.1) is 0 Å². The molecule has 0 bridgehead atoms. The predicted molar refractivity (Wildman–Crippen MR) is 118 cm³/mol. The minimum atomic E-state index is -3.31. The monoisotopic (exact) mass is 439 g/mol. The van der Waals surface area contributed by atoms with Crippen molar-refractivity contribution in [2.75, 3.05) is 52.6 Å². The Balaban J connectivity index is 1.84. The molecule has 2 N–H and O–H groups in total. The largest absolute Gasteiger partial charge is 0.378 e. The zero-order valence-electron chi connectivity index (χ0n) is 18.2. The Morgan fingerprint density at radius 1 is 1.17 bits per heavy atom. The van der Waals surface area contributed by atoms with E-state index in [0.717, 1.165) is 11.5 Å². The van der Waals surface area contributed by atoms with Crippen LogP contribution < -0.4 is 10.6 Å². The normalized spacial score (nSPS) is 16.0. The van der Waals surface area contributed by atoms with Crippen LogP contribution in [0.4, 0.5) is 0 Å². The third-order valence-corrected chi connectivity index (χ3v) is 6.66. The summed E-state index contributed by atoms with van der Waals surface area (Å²) in [7, 11) is 0.000305. The summed E-state index contributed by atoms with van der Waals surface area (Å²) in [6, 6.07) is 7.36. The van der Waals surface area contributed by atoms with Crippen LogP contribution in [0.2, 0.25) is 0 Å². The lowest BCUT2D eigenvalue weighted by Crippen LogP contribution is -2.54. The molecule has 10 heteroatoms. The Kier molecular flexibility index (Phi) is 9.07. The molecule has 1 aromatic rings. The number of hydrogen-bond donors (Lipinski definition) is 2. The van der Waals surface area contributed by atoms with Crippen LogP contribution in [0.1, 0.15) is 29.8 Å². The average Bonchev–Trinajstić information content (AvgIpc) is 2.74. The van der Waals surface area contributed by atoms with Gasteiger partial charge in [-0.1, -0.05) is 12.1 Å². The number of piperazine rings is 1. The van der Waals surface area contributed by atoms with Crippen molar-refractivity contribution in [3.63, 3.8) is 0 Å². The summed E-state index contributed by atoms with van der Waals surface area (Å²) < 4.78 is 31.9. The first-order valence-corrected chi connectivity index (χ1v) is 11.7. The molecule has 0 spiro atoms. The lowest BCUT2D eigenvalue weighted by atomic mass is 10.1. The van der Waals surface area contributed by atoms with E-state index in [1.54, 1.807) is 26.2 Å². The summed E-state index contributed by atoms with van der Waals surface area (Å²) in [6.07, 6.45) is 0.0199. The number of nitrogens with zero attached hydrogens (tertiary/aromatic N) is 3. The van der Waals surface area contributed by atoms with E-state index < -0.39 is 10.0 Å². The average molecular weight is 440 g/mol. The number of carbonyl (C=O) groups is 1. The van der Waals surface area contributed by atoms with Crippen molar-refractivity contribution in [2.45, 2.75) is 26.5 Å². The first-order valence-electron chi connectivity index (χ1n) is 10.1. The fourth-order valence-corrected chi connectivity index (χ4v) is 4.41. The van der Waals surface area contributed by atoms with Gasteiger partial charge in [0.2, 0.25) is 10.0 Å². The maximum absolute atomic E-state index is 12.5. The van der Waals surface area contributed by atoms with E-state index in [4.69, 9.17) is 4.74 Å². The topological polar surface area (TPSA) is 103 Å². The van der Waals surface area contributed by atoms with Crippen LogP contribution in [0.25, 0.3) is 0 Å². The minimum absolute atomic E-state index is 0.00417. The van der Waals surface area contributed by atoms with E-state index in [0.29, 0.717) is 38.3 Å². The van der Waals surface area contributed by atoms with Gasteiger partial charge in [0.1, 0.15) is 0 Å². The van der Waals surface area contributed by atoms with Crippen molar-refractivity contribution in [2.24, 2.45) is 4.99 Å². The van der Waals surface area contributed by atoms with Crippen LogP contribution in [0, 0.1) is 0 Å². The molecule has 1 amide bonds. The highest BCUT2D eigenvalue weighted by atomic mass is 32.2. The smallest absolute Gasteiger partial charge is 0.251 e. The van der Waals surface area contributed by atoms with Gasteiger partial charge in [-0.25, -0.2) is 8.42 Å². The molecule has 1 saturated heterocycles. The van der Waals surface area contributed by atoms with Gasteiger partial charge in [0.15, 0.2) is 5.96 Å². The molecule has 2 rings (SSSR count). The number of rotatable bonds is 8. The van der Waals surface area contributed by atoms with Gasteiger partial charge in [0.05, 0.1) is 18.5 Å². The molecule has 0 unspecified atom stereocenters. The van der Waals surface area contributed by atoms with E-state index in [1.807, 2.05) is 26.0 Å². The van der Waals surface area contributed by atoms with Gasteiger partial charge in [-0.3, -0.25) is 9.79 Å². The van der Waals surface area contributed by atoms with Crippen LogP contribution >= 0.6 is 0 Å². The second kappa shape index (κ2) is 11.3. The number of ether oxygens (including phenoxy) is 1. The number of guanidine groups is 1. The maximum atomic E-state index is 12.5. The van der Waals surface area contributed by atoms with Crippen molar-refractivity contribution in [3.05, 3.63) is 35.4 Å². The number of carbonyl (C=O) groups excluding carboxylic acids is 1. The van der Waals surface area contributed by atoms with E-state index in [-0.39, 0.29) is 24.4 Å². The molecular formula is C20H33N5O4S. The van der Waals surface area contributed by atoms with E-state index in [2.05, 4.69) is 20.5 Å². The zero-order chi connectivity index (χ0) is 22.1. The predicted octanol–water partition coefficient (Wildman–Crippen LogP) is 0.494. The third-order valence-electron chi connectivity index (χ3n) is 4.83. The molecule has 30 heavy (non-hydrogen) atoms. The Bertz CT molecular complexity index is 816. The Labute approximate surface area is 179 Å². The molecule has 0 aliphatic carbocycles. The molecule has 0 atom stereocenters. The lowest BCUT2D eigenvalue weighted by molar-refractivity contribution is 0.0904. The number of amides is 1. The van der Waals surface area contributed by atoms with Crippen molar-refractivity contribution in [3.8, 4) is 0 Å². The van der Waals surface area contributed by atoms with Crippen LogP contribution in [-0.2, 0) is 21.3 Å². The van der Waals surface area contributed by atoms with E-state index in [1.165, 1.54) is 4.31 Å². The third kappa shape index (κ3) is 6.96. The number of nitrogens with one attached hydrogen (secondary N) is 2. The summed E-state index contributed by atoms with van der Waals surface area (Å²) >= 11 is 0. The second-order valence-electron chi connectivity index (χ2n) is 7.30. The van der Waals surface area contributed by atoms with Gasteiger partial charge < -0.3 is 20.3 Å². The van der Waals surface area contributed by atoms with Crippen LogP contribution in [-0.4, -0.2) is 88.2 Å². The van der Waals surface area contributed by atoms with Crippen LogP contribution in [0.5, 0.6) is 0 Å². The second-order valence-corrected chi connectivity index (χ2v) is 9.39. The molecule has 1 heterocycles. The molecular weight excluding hydrogens is 406 g/mol. The highest BCUT2D eigenvalue weighted by Crippen LogP contribution is 2.10. The summed E-state index contributed by atoms with van der Waals surface area (Å²) in [5.74, 6) is 0.615. The minimum Gasteiger partial charge on any atom is -0.378 e. The number of sulfonamides is 1. The molecule has 0 radical (unpaired) electrons. The molecule has 0 aromatic heterocycles. The van der Waals surface area contributed by atoms with Crippen LogP contribution in [0.3, 0.4) is 0 Å². The molecule has 1 aromatic carbocycles. The van der Waals surface area contributed by atoms with Gasteiger partial charge in [-0.2, -0.15) is 4.31 Å². The first-order chi connectivity index (χ1) is 14.3. The summed E-state index contributed by atoms with van der Waals surface area (Å²) in [6.45, 7) is 6.53. The Morgan fingerprint density at radius 2 is 1.80 bits per heavy atom. The number of aliphatic imine (C=N–C) groups is 1. The maximum Gasteiger partial charge on any atom is 0.251 e.